The minimum atomic E-state index is -0.631. The Morgan fingerprint density at radius 3 is 2.00 bits per heavy atom. The van der Waals surface area contributed by atoms with Gasteiger partial charge >= 0.3 is 0 Å². The summed E-state index contributed by atoms with van der Waals surface area (Å²) in [5.41, 5.74) is -0.0926. The second-order valence-electron chi connectivity index (χ2n) is 5.90. The van der Waals surface area contributed by atoms with Gasteiger partial charge in [0.1, 0.15) is 0 Å². The SMILES string of the molecule is COc1cc(C(=O)C(C)(C)N2CCOCC2)cc(OC)c1OC. The molecule has 0 bridgehead atoms. The third kappa shape index (κ3) is 3.43. The molecule has 1 saturated heterocycles. The fourth-order valence-electron chi connectivity index (χ4n) is 2.83. The van der Waals surface area contributed by atoms with Crippen molar-refractivity contribution in [3.8, 4) is 17.2 Å². The van der Waals surface area contributed by atoms with Crippen molar-refractivity contribution < 1.29 is 23.7 Å². The Kier molecular flexibility index (Phi) is 5.49. The number of ketones is 1. The van der Waals surface area contributed by atoms with E-state index in [0.29, 0.717) is 36.0 Å². The number of hydrogen-bond donors (Lipinski definition) is 0. The van der Waals surface area contributed by atoms with Crippen molar-refractivity contribution >= 4 is 5.78 Å². The Morgan fingerprint density at radius 2 is 1.57 bits per heavy atom. The number of carbonyl (C=O) groups is 1. The Labute approximate surface area is 137 Å². The van der Waals surface area contributed by atoms with Crippen LogP contribution in [0.1, 0.15) is 24.2 Å². The maximum absolute atomic E-state index is 13.1. The summed E-state index contributed by atoms with van der Waals surface area (Å²) in [6.07, 6.45) is 0. The second-order valence-corrected chi connectivity index (χ2v) is 5.90. The van der Waals surface area contributed by atoms with E-state index in [4.69, 9.17) is 18.9 Å². The van der Waals surface area contributed by atoms with Crippen molar-refractivity contribution in [2.24, 2.45) is 0 Å². The third-order valence-electron chi connectivity index (χ3n) is 4.28. The van der Waals surface area contributed by atoms with Crippen LogP contribution in [0.25, 0.3) is 0 Å². The molecule has 6 nitrogen and oxygen atoms in total. The molecule has 0 atom stereocenters. The van der Waals surface area contributed by atoms with Crippen molar-refractivity contribution in [2.45, 2.75) is 19.4 Å². The number of benzene rings is 1. The van der Waals surface area contributed by atoms with Gasteiger partial charge in [0, 0.05) is 18.7 Å². The fraction of sp³-hybridized carbons (Fsp3) is 0.588. The molecular weight excluding hydrogens is 298 g/mol. The molecule has 1 aromatic rings. The molecule has 0 saturated carbocycles. The monoisotopic (exact) mass is 323 g/mol. The third-order valence-corrected chi connectivity index (χ3v) is 4.28. The Bertz CT molecular complexity index is 539. The zero-order valence-corrected chi connectivity index (χ0v) is 14.5. The first-order valence-electron chi connectivity index (χ1n) is 7.63. The fourth-order valence-corrected chi connectivity index (χ4v) is 2.83. The summed E-state index contributed by atoms with van der Waals surface area (Å²) in [6, 6.07) is 3.40. The van der Waals surface area contributed by atoms with Gasteiger partial charge in [-0.1, -0.05) is 0 Å². The Hall–Kier alpha value is -1.79. The maximum atomic E-state index is 13.1. The summed E-state index contributed by atoms with van der Waals surface area (Å²) in [7, 11) is 4.62. The van der Waals surface area contributed by atoms with Crippen LogP contribution in [0.4, 0.5) is 0 Å². The predicted molar refractivity (Wildman–Crippen MR) is 86.9 cm³/mol. The lowest BCUT2D eigenvalue weighted by atomic mass is 9.90. The summed E-state index contributed by atoms with van der Waals surface area (Å²) >= 11 is 0. The van der Waals surface area contributed by atoms with E-state index in [9.17, 15) is 4.79 Å². The number of carbonyl (C=O) groups excluding carboxylic acids is 1. The minimum Gasteiger partial charge on any atom is -0.493 e. The number of rotatable bonds is 6. The molecule has 0 aromatic heterocycles. The molecule has 1 fully saturated rings. The van der Waals surface area contributed by atoms with Crippen LogP contribution in [-0.4, -0.2) is 63.9 Å². The van der Waals surface area contributed by atoms with Crippen LogP contribution in [0, 0.1) is 0 Å². The van der Waals surface area contributed by atoms with Crippen LogP contribution in [-0.2, 0) is 4.74 Å². The van der Waals surface area contributed by atoms with Crippen LogP contribution in [0.2, 0.25) is 0 Å². The average molecular weight is 323 g/mol. The maximum Gasteiger partial charge on any atom is 0.203 e. The molecule has 23 heavy (non-hydrogen) atoms. The van der Waals surface area contributed by atoms with Gasteiger partial charge in [0.05, 0.1) is 40.1 Å². The van der Waals surface area contributed by atoms with Gasteiger partial charge in [-0.25, -0.2) is 0 Å². The van der Waals surface area contributed by atoms with Gasteiger partial charge in [-0.05, 0) is 26.0 Å². The van der Waals surface area contributed by atoms with E-state index in [2.05, 4.69) is 4.90 Å². The number of nitrogens with zero attached hydrogens (tertiary/aromatic N) is 1. The Morgan fingerprint density at radius 1 is 1.04 bits per heavy atom. The smallest absolute Gasteiger partial charge is 0.203 e. The van der Waals surface area contributed by atoms with Crippen LogP contribution in [0.5, 0.6) is 17.2 Å². The molecule has 1 aromatic carbocycles. The van der Waals surface area contributed by atoms with Crippen molar-refractivity contribution in [2.75, 3.05) is 47.6 Å². The summed E-state index contributed by atoms with van der Waals surface area (Å²) in [4.78, 5) is 15.2. The van der Waals surface area contributed by atoms with Gasteiger partial charge < -0.3 is 18.9 Å². The first-order valence-corrected chi connectivity index (χ1v) is 7.63. The number of methoxy groups -OCH3 is 3. The molecule has 0 radical (unpaired) electrons. The first kappa shape index (κ1) is 17.6. The normalized spacial score (nSPS) is 16.0. The molecule has 1 aliphatic heterocycles. The predicted octanol–water partition coefficient (Wildman–Crippen LogP) is 2.01. The number of hydrogen-bond acceptors (Lipinski definition) is 6. The summed E-state index contributed by atoms with van der Waals surface area (Å²) < 4.78 is 21.4. The van der Waals surface area contributed by atoms with Crippen molar-refractivity contribution in [3.63, 3.8) is 0 Å². The van der Waals surface area contributed by atoms with Crippen LogP contribution < -0.4 is 14.2 Å². The summed E-state index contributed by atoms with van der Waals surface area (Å²) in [6.45, 7) is 6.64. The van der Waals surface area contributed by atoms with E-state index in [-0.39, 0.29) is 5.78 Å². The van der Waals surface area contributed by atoms with Gasteiger partial charge in [-0.3, -0.25) is 9.69 Å². The molecule has 0 spiro atoms. The number of morpholine rings is 1. The number of Topliss-reactive ketones (excluding diaryl/α,β-unsaturated/α-hetero) is 1. The van der Waals surface area contributed by atoms with Gasteiger partial charge in [-0.2, -0.15) is 0 Å². The van der Waals surface area contributed by atoms with Gasteiger partial charge in [0.15, 0.2) is 17.3 Å². The van der Waals surface area contributed by atoms with E-state index in [1.165, 1.54) is 0 Å². The van der Waals surface area contributed by atoms with Gasteiger partial charge in [0.25, 0.3) is 0 Å². The lowest BCUT2D eigenvalue weighted by Crippen LogP contribution is -2.54. The molecule has 2 rings (SSSR count). The molecule has 0 unspecified atom stereocenters. The highest BCUT2D eigenvalue weighted by atomic mass is 16.5. The summed E-state index contributed by atoms with van der Waals surface area (Å²) in [5.74, 6) is 1.45. The highest BCUT2D eigenvalue weighted by Crippen LogP contribution is 2.39. The highest BCUT2D eigenvalue weighted by Gasteiger charge is 2.36. The van der Waals surface area contributed by atoms with Crippen molar-refractivity contribution in [3.05, 3.63) is 17.7 Å². The molecule has 6 heteroatoms. The summed E-state index contributed by atoms with van der Waals surface area (Å²) in [5, 5.41) is 0. The Balaban J connectivity index is 2.38. The van der Waals surface area contributed by atoms with Gasteiger partial charge in [0.2, 0.25) is 5.75 Å². The van der Waals surface area contributed by atoms with Crippen LogP contribution in [0.3, 0.4) is 0 Å². The zero-order chi connectivity index (χ0) is 17.0. The molecular formula is C17H25NO5. The first-order chi connectivity index (χ1) is 11.0. The van der Waals surface area contributed by atoms with Gasteiger partial charge in [-0.15, -0.1) is 0 Å². The minimum absolute atomic E-state index is 0.0126. The highest BCUT2D eigenvalue weighted by molar-refractivity contribution is 6.03. The van der Waals surface area contributed by atoms with E-state index < -0.39 is 5.54 Å². The molecule has 0 N–H and O–H groups in total. The van der Waals surface area contributed by atoms with E-state index in [1.807, 2.05) is 13.8 Å². The van der Waals surface area contributed by atoms with Crippen molar-refractivity contribution in [1.82, 2.24) is 4.90 Å². The van der Waals surface area contributed by atoms with E-state index >= 15 is 0 Å². The largest absolute Gasteiger partial charge is 0.493 e. The van der Waals surface area contributed by atoms with E-state index in [1.54, 1.807) is 33.5 Å². The topological polar surface area (TPSA) is 57.2 Å². The molecule has 0 amide bonds. The molecule has 1 aliphatic rings. The average Bonchev–Trinajstić information content (AvgIpc) is 2.60. The molecule has 128 valence electrons. The van der Waals surface area contributed by atoms with E-state index in [0.717, 1.165) is 13.1 Å². The second kappa shape index (κ2) is 7.19. The zero-order valence-electron chi connectivity index (χ0n) is 14.5. The van der Waals surface area contributed by atoms with Crippen molar-refractivity contribution in [1.29, 1.82) is 0 Å². The van der Waals surface area contributed by atoms with Crippen LogP contribution in [0.15, 0.2) is 12.1 Å². The standard InChI is InChI=1S/C17H25NO5/c1-17(2,18-6-8-23-9-7-18)16(19)12-10-13(20-3)15(22-5)14(11-12)21-4/h10-11H,6-9H2,1-5H3. The quantitative estimate of drug-likeness (QED) is 0.747. The lowest BCUT2D eigenvalue weighted by molar-refractivity contribution is -0.00431. The van der Waals surface area contributed by atoms with Crippen LogP contribution >= 0.6 is 0 Å². The molecule has 1 heterocycles. The molecule has 0 aliphatic carbocycles. The lowest BCUT2D eigenvalue weighted by Gasteiger charge is -2.39. The number of ether oxygens (including phenoxy) is 4.